The highest BCUT2D eigenvalue weighted by Crippen LogP contribution is 2.23. The number of nitrogens with one attached hydrogen (secondary N) is 1. The number of hydrogen-bond acceptors (Lipinski definition) is 4. The lowest BCUT2D eigenvalue weighted by molar-refractivity contribution is 0.0782. The molecule has 1 aliphatic rings. The summed E-state index contributed by atoms with van der Waals surface area (Å²) in [5, 5.41) is 11.8. The molecule has 1 aromatic heterocycles. The van der Waals surface area contributed by atoms with Crippen molar-refractivity contribution in [3.63, 3.8) is 0 Å². The zero-order valence-corrected chi connectivity index (χ0v) is 12.0. The number of H-pyrrole nitrogens is 1. The van der Waals surface area contributed by atoms with E-state index in [0.29, 0.717) is 30.2 Å². The minimum absolute atomic E-state index is 0.107. The first-order valence-electron chi connectivity index (χ1n) is 5.78. The highest BCUT2D eigenvalue weighted by atomic mass is 35.5. The zero-order chi connectivity index (χ0) is 14.2. The van der Waals surface area contributed by atoms with Crippen molar-refractivity contribution in [3.8, 4) is 0 Å². The van der Waals surface area contributed by atoms with Crippen LogP contribution in [0, 0.1) is 12.8 Å². The third-order valence-corrected chi connectivity index (χ3v) is 4.51. The second-order valence-electron chi connectivity index (χ2n) is 4.75. The maximum atomic E-state index is 12.2. The van der Waals surface area contributed by atoms with E-state index in [2.05, 4.69) is 10.2 Å². The van der Waals surface area contributed by atoms with Crippen LogP contribution in [0.2, 0.25) is 5.02 Å². The van der Waals surface area contributed by atoms with Gasteiger partial charge in [-0.2, -0.15) is 5.10 Å². The lowest BCUT2D eigenvalue weighted by Gasteiger charge is -2.15. The number of aromatic amines is 1. The van der Waals surface area contributed by atoms with Crippen LogP contribution in [-0.4, -0.2) is 48.3 Å². The lowest BCUT2D eigenvalue weighted by Crippen LogP contribution is -2.31. The van der Waals surface area contributed by atoms with Crippen LogP contribution in [0.15, 0.2) is 0 Å². The Hall–Kier alpha value is -1.12. The van der Waals surface area contributed by atoms with E-state index in [1.807, 2.05) is 0 Å². The molecule has 0 radical (unpaired) electrons. The van der Waals surface area contributed by atoms with Crippen molar-refractivity contribution in [2.45, 2.75) is 13.3 Å². The van der Waals surface area contributed by atoms with Gasteiger partial charge in [0.1, 0.15) is 0 Å². The van der Waals surface area contributed by atoms with Crippen molar-refractivity contribution in [1.82, 2.24) is 15.1 Å². The number of nitrogens with zero attached hydrogens (tertiary/aromatic N) is 2. The molecule has 0 aliphatic carbocycles. The Morgan fingerprint density at radius 3 is 2.84 bits per heavy atom. The number of nitrogens with two attached hydrogens (primary N) is 1. The van der Waals surface area contributed by atoms with Gasteiger partial charge in [-0.25, -0.2) is 13.6 Å². The van der Waals surface area contributed by atoms with Gasteiger partial charge in [-0.15, -0.1) is 0 Å². The summed E-state index contributed by atoms with van der Waals surface area (Å²) < 4.78 is 22.1. The van der Waals surface area contributed by atoms with Crippen LogP contribution in [0.5, 0.6) is 0 Å². The normalized spacial score (nSPS) is 19.9. The number of aromatic nitrogens is 2. The van der Waals surface area contributed by atoms with E-state index in [-0.39, 0.29) is 23.3 Å². The summed E-state index contributed by atoms with van der Waals surface area (Å²) in [6, 6.07) is 0. The van der Waals surface area contributed by atoms with E-state index in [9.17, 15) is 13.2 Å². The summed E-state index contributed by atoms with van der Waals surface area (Å²) in [5.41, 5.74) is 0.806. The Balaban J connectivity index is 2.05. The Bertz CT molecular complexity index is 598. The fourth-order valence-corrected chi connectivity index (χ4v) is 3.28. The van der Waals surface area contributed by atoms with Crippen LogP contribution in [0.3, 0.4) is 0 Å². The fraction of sp³-hybridized carbons (Fsp3) is 0.600. The zero-order valence-electron chi connectivity index (χ0n) is 10.4. The predicted molar refractivity (Wildman–Crippen MR) is 70.3 cm³/mol. The maximum absolute atomic E-state index is 12.2. The number of likely N-dealkylation sites (tertiary alicyclic amines) is 1. The number of halogens is 1. The molecule has 1 aliphatic heterocycles. The number of carbonyl (C=O) groups excluding carboxylic acids is 1. The fourth-order valence-electron chi connectivity index (χ4n) is 2.19. The number of carbonyl (C=O) groups is 1. The minimum atomic E-state index is -3.51. The maximum Gasteiger partial charge on any atom is 0.275 e. The van der Waals surface area contributed by atoms with Crippen molar-refractivity contribution < 1.29 is 13.2 Å². The van der Waals surface area contributed by atoms with Gasteiger partial charge in [0.2, 0.25) is 10.0 Å². The second kappa shape index (κ2) is 5.10. The molecule has 0 spiro atoms. The lowest BCUT2D eigenvalue weighted by atomic mass is 10.2. The largest absolute Gasteiger partial charge is 0.337 e. The van der Waals surface area contributed by atoms with Crippen LogP contribution in [0.4, 0.5) is 0 Å². The molecule has 1 fully saturated rings. The first kappa shape index (κ1) is 14.3. The van der Waals surface area contributed by atoms with Gasteiger partial charge in [0, 0.05) is 13.1 Å². The SMILES string of the molecule is Cc1[nH]nc(C(=O)N2CCC(CS(N)(=O)=O)C2)c1Cl. The number of amides is 1. The van der Waals surface area contributed by atoms with Crippen molar-refractivity contribution in [2.24, 2.45) is 11.1 Å². The highest BCUT2D eigenvalue weighted by molar-refractivity contribution is 7.89. The first-order valence-corrected chi connectivity index (χ1v) is 7.87. The summed E-state index contributed by atoms with van der Waals surface area (Å²) in [5.74, 6) is -0.520. The second-order valence-corrected chi connectivity index (χ2v) is 6.78. The van der Waals surface area contributed by atoms with Crippen molar-refractivity contribution in [2.75, 3.05) is 18.8 Å². The van der Waals surface area contributed by atoms with Crippen LogP contribution in [0.25, 0.3) is 0 Å². The van der Waals surface area contributed by atoms with Gasteiger partial charge < -0.3 is 4.90 Å². The van der Waals surface area contributed by atoms with E-state index >= 15 is 0 Å². The molecule has 0 saturated carbocycles. The molecular formula is C10H15ClN4O3S. The molecule has 1 unspecified atom stereocenters. The Kier molecular flexibility index (Phi) is 3.84. The summed E-state index contributed by atoms with van der Waals surface area (Å²) >= 11 is 5.97. The van der Waals surface area contributed by atoms with E-state index < -0.39 is 10.0 Å². The number of hydrogen-bond donors (Lipinski definition) is 2. The Morgan fingerprint density at radius 2 is 2.32 bits per heavy atom. The average molecular weight is 307 g/mol. The van der Waals surface area contributed by atoms with E-state index in [4.69, 9.17) is 16.7 Å². The minimum Gasteiger partial charge on any atom is -0.337 e. The third-order valence-electron chi connectivity index (χ3n) is 3.12. The summed E-state index contributed by atoms with van der Waals surface area (Å²) in [7, 11) is -3.51. The third kappa shape index (κ3) is 3.26. The average Bonchev–Trinajstić information content (AvgIpc) is 2.85. The molecule has 1 saturated heterocycles. The van der Waals surface area contributed by atoms with E-state index in [0.717, 1.165) is 0 Å². The molecule has 7 nitrogen and oxygen atoms in total. The molecule has 2 rings (SSSR count). The standard InChI is InChI=1S/C10H15ClN4O3S/c1-6-8(11)9(14-13-6)10(16)15-3-2-7(4-15)5-19(12,17)18/h7H,2-5H2,1H3,(H,13,14)(H2,12,17,18). The monoisotopic (exact) mass is 306 g/mol. The van der Waals surface area contributed by atoms with Crippen LogP contribution in [-0.2, 0) is 10.0 Å². The van der Waals surface area contributed by atoms with Crippen LogP contribution in [0.1, 0.15) is 22.6 Å². The Labute approximate surface area is 116 Å². The summed E-state index contributed by atoms with van der Waals surface area (Å²) in [6.07, 6.45) is 0.614. The smallest absolute Gasteiger partial charge is 0.275 e. The molecule has 1 amide bonds. The molecule has 0 bridgehead atoms. The van der Waals surface area contributed by atoms with Gasteiger partial charge in [-0.3, -0.25) is 9.89 Å². The molecule has 2 heterocycles. The Morgan fingerprint density at radius 1 is 1.63 bits per heavy atom. The number of aryl methyl sites for hydroxylation is 1. The van der Waals surface area contributed by atoms with Crippen LogP contribution >= 0.6 is 11.6 Å². The summed E-state index contributed by atoms with van der Waals surface area (Å²) in [6.45, 7) is 2.57. The molecular weight excluding hydrogens is 292 g/mol. The van der Waals surface area contributed by atoms with E-state index in [1.165, 1.54) is 0 Å². The number of rotatable bonds is 3. The molecule has 9 heteroatoms. The molecule has 3 N–H and O–H groups in total. The van der Waals surface area contributed by atoms with Gasteiger partial charge in [0.25, 0.3) is 5.91 Å². The quantitative estimate of drug-likeness (QED) is 0.826. The molecule has 106 valence electrons. The van der Waals surface area contributed by atoms with Gasteiger partial charge in [-0.1, -0.05) is 11.6 Å². The van der Waals surface area contributed by atoms with E-state index in [1.54, 1.807) is 11.8 Å². The molecule has 0 aromatic carbocycles. The van der Waals surface area contributed by atoms with Crippen molar-refractivity contribution in [3.05, 3.63) is 16.4 Å². The topological polar surface area (TPSA) is 109 Å². The molecule has 1 atom stereocenters. The van der Waals surface area contributed by atoms with Crippen molar-refractivity contribution in [1.29, 1.82) is 0 Å². The molecule has 19 heavy (non-hydrogen) atoms. The number of sulfonamides is 1. The molecule has 1 aromatic rings. The number of primary sulfonamides is 1. The van der Waals surface area contributed by atoms with Gasteiger partial charge in [-0.05, 0) is 19.3 Å². The summed E-state index contributed by atoms with van der Waals surface area (Å²) in [4.78, 5) is 13.7. The van der Waals surface area contributed by atoms with Gasteiger partial charge in [0.05, 0.1) is 16.5 Å². The highest BCUT2D eigenvalue weighted by Gasteiger charge is 2.31. The van der Waals surface area contributed by atoms with Gasteiger partial charge in [0.15, 0.2) is 5.69 Å². The predicted octanol–water partition coefficient (Wildman–Crippen LogP) is 0.122. The van der Waals surface area contributed by atoms with Crippen LogP contribution < -0.4 is 5.14 Å². The van der Waals surface area contributed by atoms with Crippen molar-refractivity contribution >= 4 is 27.5 Å². The first-order chi connectivity index (χ1) is 8.78. The van der Waals surface area contributed by atoms with Gasteiger partial charge >= 0.3 is 0 Å².